The molecule has 7 nitrogen and oxygen atoms in total. The van der Waals surface area contributed by atoms with Crippen molar-refractivity contribution in [2.45, 2.75) is 0 Å². The summed E-state index contributed by atoms with van der Waals surface area (Å²) in [7, 11) is 1.54. The van der Waals surface area contributed by atoms with Crippen molar-refractivity contribution in [3.8, 4) is 0 Å². The standard InChI is InChI=1S/C5H10N6O/c1-12-4-5(2-8-10-6)3-9-11-7/h5H,2-4H2,1H3. The summed E-state index contributed by atoms with van der Waals surface area (Å²) in [6.07, 6.45) is 0. The molecule has 12 heavy (non-hydrogen) atoms. The highest BCUT2D eigenvalue weighted by Gasteiger charge is 2.04. The van der Waals surface area contributed by atoms with Crippen LogP contribution in [0.3, 0.4) is 0 Å². The molecule has 0 saturated heterocycles. The van der Waals surface area contributed by atoms with Crippen molar-refractivity contribution >= 4 is 0 Å². The normalized spacial score (nSPS) is 11.1. The number of hydrogen-bond donors (Lipinski definition) is 0. The third kappa shape index (κ3) is 5.37. The monoisotopic (exact) mass is 170 g/mol. The highest BCUT2D eigenvalue weighted by Crippen LogP contribution is 1.99. The topological polar surface area (TPSA) is 107 Å². The molecule has 0 radical (unpaired) electrons. The van der Waals surface area contributed by atoms with Gasteiger partial charge in [0.05, 0.1) is 0 Å². The van der Waals surface area contributed by atoms with Gasteiger partial charge in [0, 0.05) is 36.6 Å². The van der Waals surface area contributed by atoms with Gasteiger partial charge in [-0.25, -0.2) is 0 Å². The highest BCUT2D eigenvalue weighted by molar-refractivity contribution is 4.65. The first-order valence-electron chi connectivity index (χ1n) is 3.35. The van der Waals surface area contributed by atoms with Crippen LogP contribution in [-0.4, -0.2) is 26.8 Å². The Kier molecular flexibility index (Phi) is 6.78. The Morgan fingerprint density at radius 3 is 2.08 bits per heavy atom. The molecule has 0 spiro atoms. The number of azide groups is 2. The fraction of sp³-hybridized carbons (Fsp3) is 1.00. The van der Waals surface area contributed by atoms with E-state index in [1.54, 1.807) is 7.11 Å². The third-order valence-electron chi connectivity index (χ3n) is 1.21. The van der Waals surface area contributed by atoms with E-state index in [0.29, 0.717) is 19.7 Å². The number of nitrogens with zero attached hydrogens (tertiary/aromatic N) is 6. The Labute approximate surface area is 69.6 Å². The summed E-state index contributed by atoms with van der Waals surface area (Å²) < 4.78 is 4.83. The summed E-state index contributed by atoms with van der Waals surface area (Å²) in [6, 6.07) is 0. The highest BCUT2D eigenvalue weighted by atomic mass is 16.5. The van der Waals surface area contributed by atoms with Crippen molar-refractivity contribution in [3.05, 3.63) is 20.9 Å². The van der Waals surface area contributed by atoms with E-state index in [4.69, 9.17) is 15.8 Å². The Hall–Kier alpha value is -1.42. The van der Waals surface area contributed by atoms with Gasteiger partial charge in [0.2, 0.25) is 0 Å². The van der Waals surface area contributed by atoms with Crippen LogP contribution in [-0.2, 0) is 4.74 Å². The zero-order valence-electron chi connectivity index (χ0n) is 6.79. The molecule has 0 aliphatic rings. The van der Waals surface area contributed by atoms with Gasteiger partial charge in [-0.2, -0.15) is 0 Å². The fourth-order valence-corrected chi connectivity index (χ4v) is 0.703. The van der Waals surface area contributed by atoms with Gasteiger partial charge in [0.15, 0.2) is 0 Å². The molecular formula is C5H10N6O. The SMILES string of the molecule is COCC(CN=[N+]=[N-])CN=[N+]=[N-]. The Balaban J connectivity index is 3.83. The molecule has 0 aromatic rings. The number of methoxy groups -OCH3 is 1. The summed E-state index contributed by atoms with van der Waals surface area (Å²) in [4.78, 5) is 5.20. The lowest BCUT2D eigenvalue weighted by Gasteiger charge is -2.08. The Bertz CT molecular complexity index is 184. The van der Waals surface area contributed by atoms with Crippen molar-refractivity contribution in [2.75, 3.05) is 26.8 Å². The average molecular weight is 170 g/mol. The number of rotatable bonds is 6. The van der Waals surface area contributed by atoms with Gasteiger partial charge < -0.3 is 4.74 Å². The largest absolute Gasteiger partial charge is 0.384 e. The van der Waals surface area contributed by atoms with Gasteiger partial charge in [-0.15, -0.1) is 0 Å². The van der Waals surface area contributed by atoms with Crippen LogP contribution in [0.25, 0.3) is 20.9 Å². The van der Waals surface area contributed by atoms with Crippen molar-refractivity contribution in [2.24, 2.45) is 16.1 Å². The lowest BCUT2D eigenvalue weighted by atomic mass is 10.2. The van der Waals surface area contributed by atoms with Crippen LogP contribution < -0.4 is 0 Å². The molecule has 0 saturated carbocycles. The second-order valence-corrected chi connectivity index (χ2v) is 2.15. The second-order valence-electron chi connectivity index (χ2n) is 2.15. The lowest BCUT2D eigenvalue weighted by Crippen LogP contribution is -2.14. The maximum Gasteiger partial charge on any atom is 0.0493 e. The van der Waals surface area contributed by atoms with E-state index in [1.165, 1.54) is 0 Å². The van der Waals surface area contributed by atoms with Gasteiger partial charge >= 0.3 is 0 Å². The van der Waals surface area contributed by atoms with E-state index >= 15 is 0 Å². The van der Waals surface area contributed by atoms with E-state index in [1.807, 2.05) is 0 Å². The Morgan fingerprint density at radius 1 is 1.25 bits per heavy atom. The minimum Gasteiger partial charge on any atom is -0.384 e. The van der Waals surface area contributed by atoms with E-state index in [-0.39, 0.29) is 5.92 Å². The predicted molar refractivity (Wildman–Crippen MR) is 43.4 cm³/mol. The van der Waals surface area contributed by atoms with Crippen LogP contribution in [0.15, 0.2) is 10.2 Å². The van der Waals surface area contributed by atoms with E-state index in [9.17, 15) is 0 Å². The molecular weight excluding hydrogens is 160 g/mol. The maximum atomic E-state index is 8.02. The summed E-state index contributed by atoms with van der Waals surface area (Å²) in [5.41, 5.74) is 16.0. The van der Waals surface area contributed by atoms with Crippen LogP contribution in [0, 0.1) is 5.92 Å². The van der Waals surface area contributed by atoms with E-state index in [2.05, 4.69) is 20.1 Å². The van der Waals surface area contributed by atoms with Crippen molar-refractivity contribution in [1.82, 2.24) is 0 Å². The molecule has 0 bridgehead atoms. The van der Waals surface area contributed by atoms with Crippen LogP contribution >= 0.6 is 0 Å². The van der Waals surface area contributed by atoms with Gasteiger partial charge in [0.1, 0.15) is 0 Å². The molecule has 0 rings (SSSR count). The van der Waals surface area contributed by atoms with Gasteiger partial charge in [-0.05, 0) is 17.0 Å². The Morgan fingerprint density at radius 2 is 1.75 bits per heavy atom. The molecule has 0 aliphatic heterocycles. The van der Waals surface area contributed by atoms with Crippen molar-refractivity contribution < 1.29 is 4.74 Å². The molecule has 0 amide bonds. The van der Waals surface area contributed by atoms with Crippen LogP contribution in [0.2, 0.25) is 0 Å². The van der Waals surface area contributed by atoms with Crippen molar-refractivity contribution in [3.63, 3.8) is 0 Å². The third-order valence-corrected chi connectivity index (χ3v) is 1.21. The molecule has 0 aromatic carbocycles. The van der Waals surface area contributed by atoms with Gasteiger partial charge in [0.25, 0.3) is 0 Å². The van der Waals surface area contributed by atoms with E-state index in [0.717, 1.165) is 0 Å². The van der Waals surface area contributed by atoms with Crippen LogP contribution in [0.4, 0.5) is 0 Å². The minimum absolute atomic E-state index is 0.0261. The molecule has 0 aliphatic carbocycles. The molecule has 66 valence electrons. The molecule has 0 atom stereocenters. The first-order chi connectivity index (χ1) is 5.85. The molecule has 0 N–H and O–H groups in total. The predicted octanol–water partition coefficient (Wildman–Crippen LogP) is 1.87. The smallest absolute Gasteiger partial charge is 0.0493 e. The zero-order valence-corrected chi connectivity index (χ0v) is 6.79. The minimum atomic E-state index is -0.0261. The lowest BCUT2D eigenvalue weighted by molar-refractivity contribution is 0.158. The summed E-state index contributed by atoms with van der Waals surface area (Å²) >= 11 is 0. The quantitative estimate of drug-likeness (QED) is 0.338. The molecule has 0 heterocycles. The summed E-state index contributed by atoms with van der Waals surface area (Å²) in [6.45, 7) is 1.02. The number of hydrogen-bond acceptors (Lipinski definition) is 3. The fourth-order valence-electron chi connectivity index (χ4n) is 0.703. The molecule has 0 unspecified atom stereocenters. The first kappa shape index (κ1) is 10.6. The molecule has 0 fully saturated rings. The summed E-state index contributed by atoms with van der Waals surface area (Å²) in [5, 5.41) is 6.72. The van der Waals surface area contributed by atoms with Gasteiger partial charge in [-0.1, -0.05) is 10.2 Å². The van der Waals surface area contributed by atoms with Crippen LogP contribution in [0.1, 0.15) is 0 Å². The average Bonchev–Trinajstić information content (AvgIpc) is 2.10. The van der Waals surface area contributed by atoms with Gasteiger partial charge in [-0.3, -0.25) is 0 Å². The zero-order chi connectivity index (χ0) is 9.23. The van der Waals surface area contributed by atoms with E-state index < -0.39 is 0 Å². The maximum absolute atomic E-state index is 8.02. The molecule has 0 aromatic heterocycles. The molecule has 7 heteroatoms. The summed E-state index contributed by atoms with van der Waals surface area (Å²) in [5.74, 6) is -0.0261. The first-order valence-corrected chi connectivity index (χ1v) is 3.35. The second kappa shape index (κ2) is 7.68. The van der Waals surface area contributed by atoms with Crippen molar-refractivity contribution in [1.29, 1.82) is 0 Å². The van der Waals surface area contributed by atoms with Crippen LogP contribution in [0.5, 0.6) is 0 Å². The number of ether oxygens (including phenoxy) is 1.